The number of thiocarbonyl (C=S) groups is 1. The average molecular weight is 439 g/mol. The summed E-state index contributed by atoms with van der Waals surface area (Å²) in [6, 6.07) is 15.0. The number of amides is 2. The fourth-order valence-electron chi connectivity index (χ4n) is 3.13. The maximum absolute atomic E-state index is 13.0. The van der Waals surface area contributed by atoms with Crippen LogP contribution in [0.1, 0.15) is 44.4 Å². The van der Waals surface area contributed by atoms with Crippen LogP contribution in [0.3, 0.4) is 0 Å². The third kappa shape index (κ3) is 4.99. The van der Waals surface area contributed by atoms with Crippen LogP contribution in [-0.4, -0.2) is 27.1 Å². The largest absolute Gasteiger partial charge is 0.324 e. The second-order valence-corrected chi connectivity index (χ2v) is 10.1. The van der Waals surface area contributed by atoms with Gasteiger partial charge in [0, 0.05) is 5.69 Å². The Balaban J connectivity index is 1.75. The highest BCUT2D eigenvalue weighted by molar-refractivity contribution is 8.26. The Bertz CT molecular complexity index is 1020. The first kappa shape index (κ1) is 22.2. The molecule has 1 unspecified atom stereocenters. The minimum absolute atomic E-state index is 0.0715. The van der Waals surface area contributed by atoms with Gasteiger partial charge < -0.3 is 5.32 Å². The molecule has 1 aliphatic rings. The van der Waals surface area contributed by atoms with Crippen LogP contribution in [0.5, 0.6) is 0 Å². The van der Waals surface area contributed by atoms with E-state index in [-0.39, 0.29) is 17.2 Å². The molecule has 156 valence electrons. The first-order chi connectivity index (χ1) is 14.1. The predicted molar refractivity (Wildman–Crippen MR) is 129 cm³/mol. The van der Waals surface area contributed by atoms with Gasteiger partial charge in [0.05, 0.1) is 4.91 Å². The third-order valence-electron chi connectivity index (χ3n) is 4.95. The quantitative estimate of drug-likeness (QED) is 0.504. The minimum Gasteiger partial charge on any atom is -0.324 e. The highest BCUT2D eigenvalue weighted by atomic mass is 32.2. The molecule has 4 nitrogen and oxygen atoms in total. The Morgan fingerprint density at radius 1 is 1.17 bits per heavy atom. The fourth-order valence-corrected chi connectivity index (χ4v) is 4.55. The highest BCUT2D eigenvalue weighted by Crippen LogP contribution is 2.34. The SMILES string of the molecule is Cc1cccc(NC(=O)C(C)N2C(=O)/C(=C/c3ccc(C(C)(C)C)cc3)SC2=S)c1. The lowest BCUT2D eigenvalue weighted by molar-refractivity contribution is -0.129. The molecule has 30 heavy (non-hydrogen) atoms. The molecule has 1 N–H and O–H groups in total. The molecule has 2 aromatic carbocycles. The molecule has 0 saturated carbocycles. The minimum atomic E-state index is -0.702. The normalized spacial score (nSPS) is 16.8. The van der Waals surface area contributed by atoms with Crippen LogP contribution in [0.15, 0.2) is 53.4 Å². The Morgan fingerprint density at radius 3 is 2.43 bits per heavy atom. The van der Waals surface area contributed by atoms with Gasteiger partial charge in [-0.2, -0.15) is 0 Å². The first-order valence-corrected chi connectivity index (χ1v) is 11.0. The second-order valence-electron chi connectivity index (χ2n) is 8.46. The lowest BCUT2D eigenvalue weighted by Crippen LogP contribution is -2.44. The smallest absolute Gasteiger partial charge is 0.266 e. The number of carbonyl (C=O) groups is 2. The van der Waals surface area contributed by atoms with E-state index in [1.165, 1.54) is 22.2 Å². The van der Waals surface area contributed by atoms with Gasteiger partial charge >= 0.3 is 0 Å². The number of hydrogen-bond acceptors (Lipinski definition) is 4. The molecular weight excluding hydrogens is 412 g/mol. The van der Waals surface area contributed by atoms with Crippen LogP contribution >= 0.6 is 24.0 Å². The Morgan fingerprint density at radius 2 is 1.83 bits per heavy atom. The van der Waals surface area contributed by atoms with Crippen molar-refractivity contribution < 1.29 is 9.59 Å². The molecule has 6 heteroatoms. The van der Waals surface area contributed by atoms with Crippen LogP contribution < -0.4 is 5.32 Å². The van der Waals surface area contributed by atoms with Crippen molar-refractivity contribution in [1.82, 2.24) is 4.90 Å². The van der Waals surface area contributed by atoms with E-state index in [9.17, 15) is 9.59 Å². The number of thioether (sulfide) groups is 1. The molecule has 1 heterocycles. The van der Waals surface area contributed by atoms with Crippen molar-refractivity contribution in [3.05, 3.63) is 70.1 Å². The van der Waals surface area contributed by atoms with E-state index >= 15 is 0 Å². The van der Waals surface area contributed by atoms with Gasteiger partial charge in [0.25, 0.3) is 5.91 Å². The van der Waals surface area contributed by atoms with Crippen molar-refractivity contribution in [2.24, 2.45) is 0 Å². The number of anilines is 1. The zero-order chi connectivity index (χ0) is 22.1. The van der Waals surface area contributed by atoms with Crippen molar-refractivity contribution in [3.8, 4) is 0 Å². The molecule has 1 atom stereocenters. The van der Waals surface area contributed by atoms with Crippen LogP contribution in [0.25, 0.3) is 6.08 Å². The molecule has 1 aliphatic heterocycles. The summed E-state index contributed by atoms with van der Waals surface area (Å²) in [6.07, 6.45) is 1.83. The predicted octanol–water partition coefficient (Wildman–Crippen LogP) is 5.52. The zero-order valence-electron chi connectivity index (χ0n) is 17.9. The maximum Gasteiger partial charge on any atom is 0.266 e. The van der Waals surface area contributed by atoms with Crippen molar-refractivity contribution in [3.63, 3.8) is 0 Å². The molecule has 2 aromatic rings. The van der Waals surface area contributed by atoms with Crippen molar-refractivity contribution in [2.45, 2.75) is 46.1 Å². The summed E-state index contributed by atoms with van der Waals surface area (Å²) in [7, 11) is 0. The van der Waals surface area contributed by atoms with E-state index in [2.05, 4.69) is 38.2 Å². The molecule has 0 aliphatic carbocycles. The van der Waals surface area contributed by atoms with Crippen LogP contribution in [-0.2, 0) is 15.0 Å². The van der Waals surface area contributed by atoms with E-state index < -0.39 is 6.04 Å². The molecule has 0 radical (unpaired) electrons. The summed E-state index contributed by atoms with van der Waals surface area (Å²) in [5.74, 6) is -0.510. The summed E-state index contributed by atoms with van der Waals surface area (Å²) >= 11 is 6.64. The molecule has 0 bridgehead atoms. The fraction of sp³-hybridized carbons (Fsp3) is 0.292. The van der Waals surface area contributed by atoms with Gasteiger partial charge in [0.1, 0.15) is 10.4 Å². The maximum atomic E-state index is 13.0. The number of aryl methyl sites for hydroxylation is 1. The van der Waals surface area contributed by atoms with Gasteiger partial charge in [-0.3, -0.25) is 14.5 Å². The summed E-state index contributed by atoms with van der Waals surface area (Å²) in [5.41, 5.74) is 3.98. The number of carbonyl (C=O) groups excluding carboxylic acids is 2. The lowest BCUT2D eigenvalue weighted by atomic mass is 9.87. The van der Waals surface area contributed by atoms with Gasteiger partial charge in [0.2, 0.25) is 5.91 Å². The van der Waals surface area contributed by atoms with Gasteiger partial charge in [-0.1, -0.05) is 81.1 Å². The van der Waals surface area contributed by atoms with Gasteiger partial charge in [0.15, 0.2) is 0 Å². The molecule has 2 amide bonds. The summed E-state index contributed by atoms with van der Waals surface area (Å²) in [4.78, 5) is 27.6. The Hall–Kier alpha value is -2.44. The van der Waals surface area contributed by atoms with Crippen LogP contribution in [0, 0.1) is 6.92 Å². The average Bonchev–Trinajstić information content (AvgIpc) is 2.94. The molecule has 3 rings (SSSR count). The monoisotopic (exact) mass is 438 g/mol. The van der Waals surface area contributed by atoms with E-state index in [4.69, 9.17) is 12.2 Å². The van der Waals surface area contributed by atoms with Gasteiger partial charge in [-0.25, -0.2) is 0 Å². The topological polar surface area (TPSA) is 49.4 Å². The van der Waals surface area contributed by atoms with Crippen molar-refractivity contribution >= 4 is 51.9 Å². The van der Waals surface area contributed by atoms with Crippen LogP contribution in [0.4, 0.5) is 5.69 Å². The summed E-state index contributed by atoms with van der Waals surface area (Å²) in [6.45, 7) is 10.1. The van der Waals surface area contributed by atoms with Crippen molar-refractivity contribution in [1.29, 1.82) is 0 Å². The number of hydrogen-bond donors (Lipinski definition) is 1. The molecule has 1 saturated heterocycles. The zero-order valence-corrected chi connectivity index (χ0v) is 19.5. The third-order valence-corrected chi connectivity index (χ3v) is 6.28. The van der Waals surface area contributed by atoms with E-state index in [0.717, 1.165) is 11.1 Å². The van der Waals surface area contributed by atoms with E-state index in [1.54, 1.807) is 6.92 Å². The number of nitrogens with one attached hydrogen (secondary N) is 1. The standard InChI is InChI=1S/C24H26N2O2S2/c1-15-7-6-8-19(13-15)25-21(27)16(2)26-22(28)20(30-23(26)29)14-17-9-11-18(12-10-17)24(3,4)5/h6-14,16H,1-5H3,(H,25,27)/b20-14-. The molecule has 0 spiro atoms. The van der Waals surface area contributed by atoms with Crippen LogP contribution in [0.2, 0.25) is 0 Å². The number of benzene rings is 2. The molecular formula is C24H26N2O2S2. The Labute approximate surface area is 187 Å². The molecule has 1 fully saturated rings. The van der Waals surface area contributed by atoms with Gasteiger partial charge in [-0.05, 0) is 54.2 Å². The number of nitrogens with zero attached hydrogens (tertiary/aromatic N) is 1. The highest BCUT2D eigenvalue weighted by Gasteiger charge is 2.38. The second kappa shape index (κ2) is 8.74. The van der Waals surface area contributed by atoms with Crippen molar-refractivity contribution in [2.75, 3.05) is 5.32 Å². The summed E-state index contributed by atoms with van der Waals surface area (Å²) < 4.78 is 0.393. The first-order valence-electron chi connectivity index (χ1n) is 9.81. The lowest BCUT2D eigenvalue weighted by Gasteiger charge is -2.22. The number of rotatable bonds is 4. The molecule has 0 aromatic heterocycles. The van der Waals surface area contributed by atoms with E-state index in [0.29, 0.717) is 14.9 Å². The Kier molecular flexibility index (Phi) is 6.48. The van der Waals surface area contributed by atoms with E-state index in [1.807, 2.05) is 49.4 Å². The summed E-state index contributed by atoms with van der Waals surface area (Å²) in [5, 5.41) is 2.86. The van der Waals surface area contributed by atoms with Gasteiger partial charge in [-0.15, -0.1) is 0 Å².